The van der Waals surface area contributed by atoms with Crippen LogP contribution >= 0.6 is 11.6 Å². The lowest BCUT2D eigenvalue weighted by atomic mass is 9.90. The van der Waals surface area contributed by atoms with Crippen LogP contribution in [0.3, 0.4) is 0 Å². The quantitative estimate of drug-likeness (QED) is 0.908. The molecule has 1 aliphatic rings. The molecule has 1 saturated heterocycles. The van der Waals surface area contributed by atoms with Crippen LogP contribution in [0.4, 0.5) is 0 Å². The van der Waals surface area contributed by atoms with E-state index in [1.807, 2.05) is 12.1 Å². The van der Waals surface area contributed by atoms with Gasteiger partial charge in [0.1, 0.15) is 0 Å². The Hall–Kier alpha value is -0.570. The smallest absolute Gasteiger partial charge is 0.0406 e. The minimum absolute atomic E-state index is 0.420. The molecular formula is C15H23ClN2. The molecule has 1 aromatic carbocycles. The van der Waals surface area contributed by atoms with Crippen molar-refractivity contribution in [2.45, 2.75) is 38.8 Å². The summed E-state index contributed by atoms with van der Waals surface area (Å²) >= 11 is 5.94. The Morgan fingerprint density at radius 3 is 2.67 bits per heavy atom. The van der Waals surface area contributed by atoms with Gasteiger partial charge in [0, 0.05) is 23.7 Å². The number of likely N-dealkylation sites (tertiary alicyclic amines) is 1. The number of nitrogens with two attached hydrogens (primary N) is 1. The second-order valence-electron chi connectivity index (χ2n) is 5.48. The lowest BCUT2D eigenvalue weighted by Gasteiger charge is -2.42. The number of benzene rings is 1. The summed E-state index contributed by atoms with van der Waals surface area (Å²) in [5.74, 6) is 0.798. The first kappa shape index (κ1) is 13.9. The van der Waals surface area contributed by atoms with Crippen LogP contribution < -0.4 is 5.73 Å². The normalized spacial score (nSPS) is 27.1. The molecule has 0 saturated carbocycles. The number of hydrogen-bond acceptors (Lipinski definition) is 2. The molecule has 0 bridgehead atoms. The molecule has 1 aliphatic heterocycles. The molecular weight excluding hydrogens is 244 g/mol. The number of rotatable bonds is 3. The van der Waals surface area contributed by atoms with Gasteiger partial charge < -0.3 is 5.73 Å². The van der Waals surface area contributed by atoms with Crippen LogP contribution in [0.15, 0.2) is 24.3 Å². The van der Waals surface area contributed by atoms with Crippen molar-refractivity contribution >= 4 is 11.6 Å². The molecule has 1 heterocycles. The standard InChI is InChI=1S/C15H23ClN2/c1-11-7-8-18(15(9-11)10-17)12(2)13-3-5-14(16)6-4-13/h3-6,11-12,15H,7-10,17H2,1-2H3. The summed E-state index contributed by atoms with van der Waals surface area (Å²) in [6.07, 6.45) is 2.49. The molecule has 0 aromatic heterocycles. The van der Waals surface area contributed by atoms with Crippen LogP contribution in [0.5, 0.6) is 0 Å². The van der Waals surface area contributed by atoms with Crippen LogP contribution in [0.1, 0.15) is 38.3 Å². The van der Waals surface area contributed by atoms with Crippen LogP contribution in [-0.2, 0) is 0 Å². The molecule has 0 amide bonds. The van der Waals surface area contributed by atoms with Crippen molar-refractivity contribution in [1.82, 2.24) is 4.90 Å². The third kappa shape index (κ3) is 3.05. The number of hydrogen-bond donors (Lipinski definition) is 1. The molecule has 2 nitrogen and oxygen atoms in total. The first-order valence-corrected chi connectivity index (χ1v) is 7.21. The second-order valence-corrected chi connectivity index (χ2v) is 5.92. The van der Waals surface area contributed by atoms with Crippen molar-refractivity contribution in [3.05, 3.63) is 34.9 Å². The van der Waals surface area contributed by atoms with E-state index in [1.54, 1.807) is 0 Å². The maximum atomic E-state index is 5.94. The Balaban J connectivity index is 2.11. The zero-order valence-corrected chi connectivity index (χ0v) is 12.0. The summed E-state index contributed by atoms with van der Waals surface area (Å²) in [6, 6.07) is 9.12. The van der Waals surface area contributed by atoms with Crippen molar-refractivity contribution in [1.29, 1.82) is 0 Å². The fourth-order valence-electron chi connectivity index (χ4n) is 2.94. The molecule has 0 aliphatic carbocycles. The molecule has 2 N–H and O–H groups in total. The van der Waals surface area contributed by atoms with Gasteiger partial charge in [0.2, 0.25) is 0 Å². The summed E-state index contributed by atoms with van der Waals surface area (Å²) in [6.45, 7) is 6.49. The fourth-order valence-corrected chi connectivity index (χ4v) is 3.07. The van der Waals surface area contributed by atoms with E-state index >= 15 is 0 Å². The van der Waals surface area contributed by atoms with Gasteiger partial charge in [-0.05, 0) is 49.9 Å². The maximum Gasteiger partial charge on any atom is 0.0406 e. The summed E-state index contributed by atoms with van der Waals surface area (Å²) < 4.78 is 0. The van der Waals surface area contributed by atoms with Gasteiger partial charge in [-0.25, -0.2) is 0 Å². The molecule has 1 aromatic rings. The minimum atomic E-state index is 0.420. The zero-order chi connectivity index (χ0) is 13.1. The predicted molar refractivity (Wildman–Crippen MR) is 77.8 cm³/mol. The molecule has 1 fully saturated rings. The lowest BCUT2D eigenvalue weighted by molar-refractivity contribution is 0.0834. The molecule has 3 unspecified atom stereocenters. The third-order valence-electron chi connectivity index (χ3n) is 4.15. The van der Waals surface area contributed by atoms with Crippen molar-refractivity contribution in [2.75, 3.05) is 13.1 Å². The first-order valence-electron chi connectivity index (χ1n) is 6.83. The van der Waals surface area contributed by atoms with E-state index in [1.165, 1.54) is 18.4 Å². The Morgan fingerprint density at radius 1 is 1.39 bits per heavy atom. The summed E-state index contributed by atoms with van der Waals surface area (Å²) in [4.78, 5) is 2.54. The highest BCUT2D eigenvalue weighted by atomic mass is 35.5. The highest BCUT2D eigenvalue weighted by molar-refractivity contribution is 6.30. The SMILES string of the molecule is CC1CCN(C(C)c2ccc(Cl)cc2)C(CN)C1. The van der Waals surface area contributed by atoms with Crippen LogP contribution in [0.25, 0.3) is 0 Å². The molecule has 3 atom stereocenters. The van der Waals surface area contributed by atoms with Gasteiger partial charge in [0.15, 0.2) is 0 Å². The highest BCUT2D eigenvalue weighted by Crippen LogP contribution is 2.30. The summed E-state index contributed by atoms with van der Waals surface area (Å²) in [5, 5.41) is 0.800. The lowest BCUT2D eigenvalue weighted by Crippen LogP contribution is -2.47. The summed E-state index contributed by atoms with van der Waals surface area (Å²) in [5.41, 5.74) is 7.26. The predicted octanol–water partition coefficient (Wildman–Crippen LogP) is 3.46. The average molecular weight is 267 g/mol. The Bertz CT molecular complexity index is 377. The number of piperidine rings is 1. The van der Waals surface area contributed by atoms with Gasteiger partial charge in [0.25, 0.3) is 0 Å². The van der Waals surface area contributed by atoms with Gasteiger partial charge in [-0.3, -0.25) is 4.90 Å². The van der Waals surface area contributed by atoms with E-state index in [0.29, 0.717) is 12.1 Å². The van der Waals surface area contributed by atoms with Crippen LogP contribution in [0.2, 0.25) is 5.02 Å². The molecule has 100 valence electrons. The molecule has 0 radical (unpaired) electrons. The van der Waals surface area contributed by atoms with E-state index < -0.39 is 0 Å². The highest BCUT2D eigenvalue weighted by Gasteiger charge is 2.29. The largest absolute Gasteiger partial charge is 0.329 e. The van der Waals surface area contributed by atoms with Crippen molar-refractivity contribution in [3.63, 3.8) is 0 Å². The van der Waals surface area contributed by atoms with E-state index in [9.17, 15) is 0 Å². The number of halogens is 1. The second kappa shape index (κ2) is 6.05. The minimum Gasteiger partial charge on any atom is -0.329 e. The summed E-state index contributed by atoms with van der Waals surface area (Å²) in [7, 11) is 0. The van der Waals surface area contributed by atoms with E-state index in [4.69, 9.17) is 17.3 Å². The first-order chi connectivity index (χ1) is 8.61. The molecule has 0 spiro atoms. The Kier molecular flexibility index (Phi) is 4.66. The number of nitrogens with zero attached hydrogens (tertiary/aromatic N) is 1. The molecule has 18 heavy (non-hydrogen) atoms. The van der Waals surface area contributed by atoms with E-state index in [-0.39, 0.29) is 0 Å². The van der Waals surface area contributed by atoms with Crippen molar-refractivity contribution < 1.29 is 0 Å². The molecule has 3 heteroatoms. The fraction of sp³-hybridized carbons (Fsp3) is 0.600. The van der Waals surface area contributed by atoms with Gasteiger partial charge in [-0.15, -0.1) is 0 Å². The van der Waals surface area contributed by atoms with Crippen molar-refractivity contribution in [3.8, 4) is 0 Å². The van der Waals surface area contributed by atoms with Gasteiger partial charge in [-0.1, -0.05) is 30.7 Å². The monoisotopic (exact) mass is 266 g/mol. The van der Waals surface area contributed by atoms with Crippen molar-refractivity contribution in [2.24, 2.45) is 11.7 Å². The van der Waals surface area contributed by atoms with Gasteiger partial charge >= 0.3 is 0 Å². The van der Waals surface area contributed by atoms with Gasteiger partial charge in [0.05, 0.1) is 0 Å². The maximum absolute atomic E-state index is 5.94. The Morgan fingerprint density at radius 2 is 2.06 bits per heavy atom. The Labute approximate surface area is 115 Å². The molecule has 2 rings (SSSR count). The zero-order valence-electron chi connectivity index (χ0n) is 11.3. The topological polar surface area (TPSA) is 29.3 Å². The third-order valence-corrected chi connectivity index (χ3v) is 4.40. The average Bonchev–Trinajstić information content (AvgIpc) is 2.38. The van der Waals surface area contributed by atoms with Crippen LogP contribution in [-0.4, -0.2) is 24.0 Å². The van der Waals surface area contributed by atoms with Gasteiger partial charge in [-0.2, -0.15) is 0 Å². The van der Waals surface area contributed by atoms with Crippen LogP contribution in [0, 0.1) is 5.92 Å². The van der Waals surface area contributed by atoms with E-state index in [0.717, 1.165) is 24.0 Å². The van der Waals surface area contributed by atoms with E-state index in [2.05, 4.69) is 30.9 Å².